The third kappa shape index (κ3) is 4.18. The third-order valence-electron chi connectivity index (χ3n) is 9.56. The summed E-state index contributed by atoms with van der Waals surface area (Å²) in [4.78, 5) is 54.7. The van der Waals surface area contributed by atoms with Crippen molar-refractivity contribution >= 4 is 121 Å². The molecule has 8 aromatic rings. The summed E-state index contributed by atoms with van der Waals surface area (Å²) in [5.74, 6) is -6.02. The lowest BCUT2D eigenvalue weighted by molar-refractivity contribution is 0.0975. The molecule has 0 bridgehead atoms. The molecule has 246 valence electrons. The van der Waals surface area contributed by atoms with Gasteiger partial charge in [0.25, 0.3) is 0 Å². The number of hydrogen-bond acceptors (Lipinski definition) is 7. The van der Waals surface area contributed by atoms with Crippen LogP contribution in [0.3, 0.4) is 0 Å². The number of Topliss-reactive ketones (excluding diaryl/α,β-unsaturated/α-hetero) is 4. The van der Waals surface area contributed by atoms with Crippen molar-refractivity contribution in [1.29, 1.82) is 0 Å². The first-order valence-electron chi connectivity index (χ1n) is 15.4. The van der Waals surface area contributed by atoms with Crippen LogP contribution in [0, 0.1) is 23.3 Å². The normalized spacial score (nSPS) is 14.5. The van der Waals surface area contributed by atoms with Crippen LogP contribution in [-0.2, 0) is 7.05 Å². The van der Waals surface area contributed by atoms with Crippen LogP contribution >= 0.6 is 34.0 Å². The molecular formula is C39H15F4NO4S3. The molecule has 0 N–H and O–H groups in total. The summed E-state index contributed by atoms with van der Waals surface area (Å²) < 4.78 is 61.3. The summed E-state index contributed by atoms with van der Waals surface area (Å²) in [7, 11) is 1.92. The number of aryl methyl sites for hydroxylation is 1. The van der Waals surface area contributed by atoms with Crippen molar-refractivity contribution in [2.45, 2.75) is 0 Å². The molecule has 5 nitrogen and oxygen atoms in total. The average Bonchev–Trinajstić information content (AvgIpc) is 3.90. The highest BCUT2D eigenvalue weighted by atomic mass is 32.1. The van der Waals surface area contributed by atoms with E-state index in [1.165, 1.54) is 46.9 Å². The third-order valence-corrected chi connectivity index (χ3v) is 13.1. The molecule has 0 saturated heterocycles. The van der Waals surface area contributed by atoms with E-state index < -0.39 is 46.4 Å². The van der Waals surface area contributed by atoms with E-state index in [1.54, 1.807) is 23.5 Å². The minimum atomic E-state index is -1.04. The fourth-order valence-corrected chi connectivity index (χ4v) is 11.0. The maximum atomic E-state index is 13.9. The number of aromatic nitrogens is 1. The van der Waals surface area contributed by atoms with E-state index in [0.717, 1.165) is 54.1 Å². The van der Waals surface area contributed by atoms with Crippen molar-refractivity contribution in [2.75, 3.05) is 0 Å². The molecule has 0 aliphatic heterocycles. The molecule has 10 rings (SSSR count). The van der Waals surface area contributed by atoms with E-state index in [2.05, 4.69) is 0 Å². The molecule has 0 atom stereocenters. The van der Waals surface area contributed by atoms with Gasteiger partial charge in [0.05, 0.1) is 36.3 Å². The van der Waals surface area contributed by atoms with E-state index in [-0.39, 0.29) is 33.4 Å². The van der Waals surface area contributed by atoms with Gasteiger partial charge in [0.1, 0.15) is 0 Å². The standard InChI is InChI=1S/C39H15F4NO4S3/c1-44-30-12-18(10-24-33(45)20-2-14-6-26(40)27(41)7-15(14)3-21(20)34(24)46)49-37(30)39-32(44)38-31(51-39)13-19(50-38)11-25-35(47)22-4-16-8-28(42)29(43)9-17(16)5-23(22)36(25)48/h2-13H,1H3. The van der Waals surface area contributed by atoms with Crippen LogP contribution < -0.4 is 0 Å². The highest BCUT2D eigenvalue weighted by Gasteiger charge is 2.35. The fourth-order valence-electron chi connectivity index (χ4n) is 7.10. The lowest BCUT2D eigenvalue weighted by Gasteiger charge is -2.02. The zero-order valence-corrected chi connectivity index (χ0v) is 28.2. The number of carbonyl (C=O) groups excluding carboxylic acids is 4. The Labute approximate surface area is 294 Å². The first-order chi connectivity index (χ1) is 24.4. The van der Waals surface area contributed by atoms with Crippen LogP contribution in [0.15, 0.2) is 71.8 Å². The Hall–Kier alpha value is -5.56. The molecule has 0 amide bonds. The number of carbonyl (C=O) groups is 4. The summed E-state index contributed by atoms with van der Waals surface area (Å²) in [6, 6.07) is 13.6. The van der Waals surface area contributed by atoms with Crippen molar-refractivity contribution in [3.05, 3.63) is 127 Å². The van der Waals surface area contributed by atoms with Gasteiger partial charge in [-0.1, -0.05) is 0 Å². The molecule has 4 aromatic heterocycles. The van der Waals surface area contributed by atoms with Gasteiger partial charge in [-0.15, -0.1) is 34.0 Å². The number of thiophene rings is 3. The lowest BCUT2D eigenvalue weighted by Crippen LogP contribution is -1.99. The van der Waals surface area contributed by atoms with Crippen molar-refractivity contribution in [3.63, 3.8) is 0 Å². The van der Waals surface area contributed by atoms with Gasteiger partial charge in [0, 0.05) is 43.8 Å². The van der Waals surface area contributed by atoms with Gasteiger partial charge in [0.2, 0.25) is 0 Å². The maximum absolute atomic E-state index is 13.9. The number of ketones is 4. The second kappa shape index (κ2) is 10.3. The monoisotopic (exact) mass is 733 g/mol. The molecule has 2 aliphatic carbocycles. The van der Waals surface area contributed by atoms with Gasteiger partial charge in [-0.3, -0.25) is 19.2 Å². The second-order valence-corrected chi connectivity index (χ2v) is 15.7. The number of fused-ring (bicyclic) bond motifs is 9. The van der Waals surface area contributed by atoms with Crippen molar-refractivity contribution in [3.8, 4) is 0 Å². The zero-order chi connectivity index (χ0) is 35.2. The number of hydrogen-bond donors (Lipinski definition) is 0. The molecular weight excluding hydrogens is 719 g/mol. The molecule has 2 aliphatic rings. The first-order valence-corrected chi connectivity index (χ1v) is 17.8. The molecule has 0 fully saturated rings. The minimum Gasteiger partial charge on any atom is -0.341 e. The maximum Gasteiger partial charge on any atom is 0.197 e. The number of halogens is 4. The van der Waals surface area contributed by atoms with Crippen LogP contribution in [0.1, 0.15) is 51.2 Å². The lowest BCUT2D eigenvalue weighted by atomic mass is 10.0. The van der Waals surface area contributed by atoms with Gasteiger partial charge < -0.3 is 4.57 Å². The topological polar surface area (TPSA) is 73.2 Å². The molecule has 4 aromatic carbocycles. The Balaban J connectivity index is 1.00. The summed E-state index contributed by atoms with van der Waals surface area (Å²) in [6.07, 6.45) is 3.13. The average molecular weight is 734 g/mol. The first kappa shape index (κ1) is 30.3. The Morgan fingerprint density at radius 3 is 1.31 bits per heavy atom. The van der Waals surface area contributed by atoms with Gasteiger partial charge in [0.15, 0.2) is 46.4 Å². The van der Waals surface area contributed by atoms with Crippen LogP contribution in [0.5, 0.6) is 0 Å². The molecule has 12 heteroatoms. The Kier molecular flexibility index (Phi) is 6.09. The molecule has 0 unspecified atom stereocenters. The summed E-state index contributed by atoms with van der Waals surface area (Å²) >= 11 is 4.42. The number of benzene rings is 4. The van der Waals surface area contributed by atoms with Crippen LogP contribution in [-0.4, -0.2) is 27.7 Å². The van der Waals surface area contributed by atoms with Crippen molar-refractivity contribution in [2.24, 2.45) is 7.05 Å². The van der Waals surface area contributed by atoms with E-state index in [4.69, 9.17) is 0 Å². The second-order valence-electron chi connectivity index (χ2n) is 12.5. The van der Waals surface area contributed by atoms with Gasteiger partial charge in [-0.05, 0) is 94.4 Å². The number of rotatable bonds is 2. The summed E-state index contributed by atoms with van der Waals surface area (Å²) in [5.41, 5.74) is 2.46. The largest absolute Gasteiger partial charge is 0.341 e. The fraction of sp³-hybridized carbons (Fsp3) is 0.0256. The quantitative estimate of drug-likeness (QED) is 0.101. The van der Waals surface area contributed by atoms with Gasteiger partial charge in [-0.2, -0.15) is 0 Å². The van der Waals surface area contributed by atoms with Crippen LogP contribution in [0.4, 0.5) is 17.6 Å². The Morgan fingerprint density at radius 2 is 0.882 bits per heavy atom. The SMILES string of the molecule is Cn1c2cc(C=C3C(=O)c4cc5cc(F)c(F)cc5cc4C3=O)sc2c2sc3cc(C=C4C(=O)c5cc6cc(F)c(F)cc6cc5C4=O)sc3c21. The predicted molar refractivity (Wildman–Crippen MR) is 193 cm³/mol. The molecule has 0 radical (unpaired) electrons. The van der Waals surface area contributed by atoms with Gasteiger partial charge in [-0.25, -0.2) is 17.6 Å². The van der Waals surface area contributed by atoms with Gasteiger partial charge >= 0.3 is 0 Å². The van der Waals surface area contributed by atoms with Crippen molar-refractivity contribution < 1.29 is 36.7 Å². The smallest absolute Gasteiger partial charge is 0.197 e. The molecule has 0 saturated carbocycles. The summed E-state index contributed by atoms with van der Waals surface area (Å²) in [5, 5.41) is 1.31. The predicted octanol–water partition coefficient (Wildman–Crippen LogP) is 10.5. The van der Waals surface area contributed by atoms with Crippen LogP contribution in [0.25, 0.3) is 63.5 Å². The minimum absolute atomic E-state index is 0.0116. The van der Waals surface area contributed by atoms with Crippen LogP contribution in [0.2, 0.25) is 0 Å². The Bertz CT molecular complexity index is 2990. The zero-order valence-electron chi connectivity index (χ0n) is 25.7. The van der Waals surface area contributed by atoms with E-state index >= 15 is 0 Å². The highest BCUT2D eigenvalue weighted by molar-refractivity contribution is 7.35. The number of nitrogens with zero attached hydrogens (tertiary/aromatic N) is 1. The van der Waals surface area contributed by atoms with E-state index in [1.807, 2.05) is 23.7 Å². The molecule has 4 heterocycles. The molecule has 0 spiro atoms. The van der Waals surface area contributed by atoms with Crippen molar-refractivity contribution in [1.82, 2.24) is 4.57 Å². The Morgan fingerprint density at radius 1 is 0.490 bits per heavy atom. The molecule has 51 heavy (non-hydrogen) atoms. The number of allylic oxidation sites excluding steroid dienone is 2. The van der Waals surface area contributed by atoms with E-state index in [0.29, 0.717) is 31.3 Å². The summed E-state index contributed by atoms with van der Waals surface area (Å²) in [6.45, 7) is 0. The van der Waals surface area contributed by atoms with E-state index in [9.17, 15) is 36.7 Å². The highest BCUT2D eigenvalue weighted by Crippen LogP contribution is 2.47.